The minimum absolute atomic E-state index is 0.0121. The van der Waals surface area contributed by atoms with Gasteiger partial charge in [0.05, 0.1) is 6.42 Å². The number of hydrogen-bond acceptors (Lipinski definition) is 3. The number of nitrogens with one attached hydrogen (secondary N) is 1. The van der Waals surface area contributed by atoms with Gasteiger partial charge in [-0.15, -0.1) is 0 Å². The van der Waals surface area contributed by atoms with E-state index in [4.69, 9.17) is 5.11 Å². The van der Waals surface area contributed by atoms with Crippen molar-refractivity contribution in [1.82, 2.24) is 15.1 Å². The van der Waals surface area contributed by atoms with Gasteiger partial charge in [-0.2, -0.15) is 0 Å². The molecular formula is C14H25N3O4. The molecule has 0 aliphatic heterocycles. The molecule has 1 saturated carbocycles. The van der Waals surface area contributed by atoms with E-state index in [2.05, 4.69) is 5.32 Å². The number of carboxylic acids is 1. The number of amides is 3. The average Bonchev–Trinajstić information content (AvgIpc) is 3.20. The highest BCUT2D eigenvalue weighted by Crippen LogP contribution is 2.27. The van der Waals surface area contributed by atoms with Crippen molar-refractivity contribution in [3.05, 3.63) is 0 Å². The number of carbonyl (C=O) groups excluding carboxylic acids is 2. The van der Waals surface area contributed by atoms with Gasteiger partial charge in [-0.3, -0.25) is 9.59 Å². The standard InChI is InChI=1S/C14H25N3O4/c1-10(2)8-15-12(18)9-16(3)14(21)17(11-4-5-11)7-6-13(19)20/h10-11H,4-9H2,1-3H3,(H,15,18)(H,19,20). The highest BCUT2D eigenvalue weighted by molar-refractivity contribution is 5.84. The van der Waals surface area contributed by atoms with Crippen LogP contribution in [0.4, 0.5) is 4.79 Å². The molecule has 1 fully saturated rings. The Morgan fingerprint density at radius 3 is 2.38 bits per heavy atom. The fourth-order valence-electron chi connectivity index (χ4n) is 1.91. The van der Waals surface area contributed by atoms with Crippen molar-refractivity contribution in [3.63, 3.8) is 0 Å². The Kier molecular flexibility index (Phi) is 6.45. The van der Waals surface area contributed by atoms with Crippen molar-refractivity contribution >= 4 is 17.9 Å². The Labute approximate surface area is 125 Å². The zero-order chi connectivity index (χ0) is 16.0. The number of nitrogens with zero attached hydrogens (tertiary/aromatic N) is 2. The van der Waals surface area contributed by atoms with Gasteiger partial charge in [-0.1, -0.05) is 13.8 Å². The van der Waals surface area contributed by atoms with Gasteiger partial charge in [0, 0.05) is 26.2 Å². The number of carbonyl (C=O) groups is 3. The van der Waals surface area contributed by atoms with E-state index >= 15 is 0 Å². The third kappa shape index (κ3) is 6.46. The summed E-state index contributed by atoms with van der Waals surface area (Å²) in [7, 11) is 1.56. The van der Waals surface area contributed by atoms with E-state index in [0.29, 0.717) is 12.5 Å². The molecule has 0 saturated heterocycles. The van der Waals surface area contributed by atoms with E-state index in [1.807, 2.05) is 13.8 Å². The van der Waals surface area contributed by atoms with Gasteiger partial charge in [-0.05, 0) is 18.8 Å². The number of rotatable bonds is 8. The van der Waals surface area contributed by atoms with Crippen LogP contribution in [0.25, 0.3) is 0 Å². The lowest BCUT2D eigenvalue weighted by molar-refractivity contribution is -0.137. The molecule has 0 aromatic carbocycles. The molecule has 1 aliphatic rings. The minimum atomic E-state index is -0.925. The molecule has 0 spiro atoms. The quantitative estimate of drug-likeness (QED) is 0.692. The molecule has 0 aromatic heterocycles. The van der Waals surface area contributed by atoms with Crippen LogP contribution < -0.4 is 5.32 Å². The molecule has 7 heteroatoms. The van der Waals surface area contributed by atoms with Gasteiger partial charge < -0.3 is 20.2 Å². The molecule has 21 heavy (non-hydrogen) atoms. The zero-order valence-electron chi connectivity index (χ0n) is 13.0. The first-order chi connectivity index (χ1) is 9.81. The van der Waals surface area contributed by atoms with Crippen molar-refractivity contribution in [2.24, 2.45) is 5.92 Å². The van der Waals surface area contributed by atoms with E-state index in [9.17, 15) is 14.4 Å². The fourth-order valence-corrected chi connectivity index (χ4v) is 1.91. The Bertz CT molecular complexity index is 394. The third-order valence-corrected chi connectivity index (χ3v) is 3.21. The molecule has 0 heterocycles. The molecule has 0 atom stereocenters. The topological polar surface area (TPSA) is 90.0 Å². The normalized spacial score (nSPS) is 13.9. The maximum atomic E-state index is 12.3. The smallest absolute Gasteiger partial charge is 0.320 e. The van der Waals surface area contributed by atoms with Crippen molar-refractivity contribution < 1.29 is 19.5 Å². The molecule has 120 valence electrons. The van der Waals surface area contributed by atoms with Crippen LogP contribution >= 0.6 is 0 Å². The van der Waals surface area contributed by atoms with E-state index < -0.39 is 5.97 Å². The molecule has 1 rings (SSSR count). The molecular weight excluding hydrogens is 274 g/mol. The number of hydrogen-bond donors (Lipinski definition) is 2. The first kappa shape index (κ1) is 17.3. The first-order valence-electron chi connectivity index (χ1n) is 7.31. The maximum absolute atomic E-state index is 12.3. The van der Waals surface area contributed by atoms with Crippen molar-refractivity contribution in [1.29, 1.82) is 0 Å². The number of carboxylic acid groups (broad SMARTS) is 1. The van der Waals surface area contributed by atoms with E-state index in [0.717, 1.165) is 12.8 Å². The summed E-state index contributed by atoms with van der Waals surface area (Å²) in [6.07, 6.45) is 1.73. The summed E-state index contributed by atoms with van der Waals surface area (Å²) >= 11 is 0. The van der Waals surface area contributed by atoms with Gasteiger partial charge in [-0.25, -0.2) is 4.79 Å². The summed E-state index contributed by atoms with van der Waals surface area (Å²) < 4.78 is 0. The molecule has 7 nitrogen and oxygen atoms in total. The maximum Gasteiger partial charge on any atom is 0.320 e. The predicted octanol–water partition coefficient (Wildman–Crippen LogP) is 0.750. The number of aliphatic carboxylic acids is 1. The van der Waals surface area contributed by atoms with Crippen LogP contribution in [0, 0.1) is 5.92 Å². The molecule has 0 bridgehead atoms. The van der Waals surface area contributed by atoms with Crippen LogP contribution in [-0.4, -0.2) is 65.5 Å². The molecule has 1 aliphatic carbocycles. The summed E-state index contributed by atoms with van der Waals surface area (Å²) in [6, 6.07) is -0.156. The predicted molar refractivity (Wildman–Crippen MR) is 77.9 cm³/mol. The van der Waals surface area contributed by atoms with Crippen molar-refractivity contribution in [2.45, 2.75) is 39.2 Å². The lowest BCUT2D eigenvalue weighted by Crippen LogP contribution is -2.47. The summed E-state index contributed by atoms with van der Waals surface area (Å²) in [6.45, 7) is 4.75. The Balaban J connectivity index is 2.46. The van der Waals surface area contributed by atoms with Crippen LogP contribution in [0.2, 0.25) is 0 Å². The Morgan fingerprint density at radius 2 is 1.90 bits per heavy atom. The lowest BCUT2D eigenvalue weighted by atomic mass is 10.2. The number of likely N-dealkylation sites (N-methyl/N-ethyl adjacent to an activating group) is 1. The Morgan fingerprint density at radius 1 is 1.29 bits per heavy atom. The van der Waals surface area contributed by atoms with Gasteiger partial charge in [0.2, 0.25) is 5.91 Å². The molecule has 0 radical (unpaired) electrons. The van der Waals surface area contributed by atoms with Gasteiger partial charge in [0.25, 0.3) is 0 Å². The molecule has 2 N–H and O–H groups in total. The van der Waals surface area contributed by atoms with Crippen LogP contribution in [-0.2, 0) is 9.59 Å². The molecule has 3 amide bonds. The van der Waals surface area contributed by atoms with E-state index in [-0.39, 0.29) is 37.5 Å². The van der Waals surface area contributed by atoms with Crippen LogP contribution in [0.5, 0.6) is 0 Å². The van der Waals surface area contributed by atoms with Gasteiger partial charge >= 0.3 is 12.0 Å². The SMILES string of the molecule is CC(C)CNC(=O)CN(C)C(=O)N(CCC(=O)O)C1CC1. The van der Waals surface area contributed by atoms with Gasteiger partial charge in [0.1, 0.15) is 6.54 Å². The first-order valence-corrected chi connectivity index (χ1v) is 7.31. The third-order valence-electron chi connectivity index (χ3n) is 3.21. The van der Waals surface area contributed by atoms with Crippen molar-refractivity contribution in [2.75, 3.05) is 26.7 Å². The van der Waals surface area contributed by atoms with Crippen molar-refractivity contribution in [3.8, 4) is 0 Å². The molecule has 0 aromatic rings. The summed E-state index contributed by atoms with van der Waals surface area (Å²) in [5, 5.41) is 11.5. The highest BCUT2D eigenvalue weighted by Gasteiger charge is 2.34. The monoisotopic (exact) mass is 299 g/mol. The second kappa shape index (κ2) is 7.85. The van der Waals surface area contributed by atoms with Crippen LogP contribution in [0.1, 0.15) is 33.1 Å². The summed E-state index contributed by atoms with van der Waals surface area (Å²) in [5.74, 6) is -0.771. The lowest BCUT2D eigenvalue weighted by Gasteiger charge is -2.27. The average molecular weight is 299 g/mol. The fraction of sp³-hybridized carbons (Fsp3) is 0.786. The van der Waals surface area contributed by atoms with Crippen LogP contribution in [0.15, 0.2) is 0 Å². The second-order valence-corrected chi connectivity index (χ2v) is 5.90. The summed E-state index contributed by atoms with van der Waals surface area (Å²) in [5.41, 5.74) is 0. The minimum Gasteiger partial charge on any atom is -0.481 e. The summed E-state index contributed by atoms with van der Waals surface area (Å²) in [4.78, 5) is 37.6. The number of urea groups is 1. The highest BCUT2D eigenvalue weighted by atomic mass is 16.4. The second-order valence-electron chi connectivity index (χ2n) is 5.90. The zero-order valence-corrected chi connectivity index (χ0v) is 13.0. The molecule has 0 unspecified atom stereocenters. The van der Waals surface area contributed by atoms with E-state index in [1.54, 1.807) is 11.9 Å². The van der Waals surface area contributed by atoms with Crippen LogP contribution in [0.3, 0.4) is 0 Å². The largest absolute Gasteiger partial charge is 0.481 e. The van der Waals surface area contributed by atoms with Gasteiger partial charge in [0.15, 0.2) is 0 Å². The Hall–Kier alpha value is -1.79. The van der Waals surface area contributed by atoms with E-state index in [1.165, 1.54) is 4.90 Å².